The van der Waals surface area contributed by atoms with Crippen LogP contribution in [-0.2, 0) is 9.59 Å². The SMILES string of the molecule is O=C(CCN1CCC[C@H](C(F)(F)F)C1)Nc1ccc(N2CCCC2=O)cc1. The molecule has 1 N–H and O–H groups in total. The van der Waals surface area contributed by atoms with Gasteiger partial charge in [0.2, 0.25) is 11.8 Å². The van der Waals surface area contributed by atoms with Gasteiger partial charge in [0.15, 0.2) is 0 Å². The third kappa shape index (κ3) is 5.22. The summed E-state index contributed by atoms with van der Waals surface area (Å²) in [4.78, 5) is 27.3. The van der Waals surface area contributed by atoms with Crippen molar-refractivity contribution < 1.29 is 22.8 Å². The minimum absolute atomic E-state index is 0.0324. The summed E-state index contributed by atoms with van der Waals surface area (Å²) >= 11 is 0. The summed E-state index contributed by atoms with van der Waals surface area (Å²) in [6.07, 6.45) is -1.94. The first-order valence-corrected chi connectivity index (χ1v) is 9.32. The first kappa shape index (κ1) is 19.7. The summed E-state index contributed by atoms with van der Waals surface area (Å²) < 4.78 is 38.5. The van der Waals surface area contributed by atoms with Crippen LogP contribution in [0, 0.1) is 5.92 Å². The van der Waals surface area contributed by atoms with E-state index in [1.807, 2.05) is 0 Å². The van der Waals surface area contributed by atoms with E-state index < -0.39 is 12.1 Å². The van der Waals surface area contributed by atoms with Gasteiger partial charge in [0.25, 0.3) is 0 Å². The Hall–Kier alpha value is -2.09. The number of alkyl halides is 3. The quantitative estimate of drug-likeness (QED) is 0.848. The van der Waals surface area contributed by atoms with Gasteiger partial charge in [0.05, 0.1) is 5.92 Å². The van der Waals surface area contributed by atoms with Gasteiger partial charge in [-0.2, -0.15) is 13.2 Å². The van der Waals surface area contributed by atoms with Crippen molar-refractivity contribution in [2.45, 2.75) is 38.3 Å². The number of rotatable bonds is 5. The molecule has 0 spiro atoms. The summed E-state index contributed by atoms with van der Waals surface area (Å²) in [6.45, 7) is 1.59. The number of hydrogen-bond donors (Lipinski definition) is 1. The van der Waals surface area contributed by atoms with Crippen molar-refractivity contribution >= 4 is 23.2 Å². The van der Waals surface area contributed by atoms with Crippen LogP contribution in [0.15, 0.2) is 24.3 Å². The Kier molecular flexibility index (Phi) is 6.04. The maximum Gasteiger partial charge on any atom is 0.393 e. The van der Waals surface area contributed by atoms with Gasteiger partial charge in [0, 0.05) is 43.9 Å². The van der Waals surface area contributed by atoms with E-state index in [9.17, 15) is 22.8 Å². The summed E-state index contributed by atoms with van der Waals surface area (Å²) in [5.41, 5.74) is 1.42. The summed E-state index contributed by atoms with van der Waals surface area (Å²) in [5, 5.41) is 2.76. The third-order valence-electron chi connectivity index (χ3n) is 5.16. The van der Waals surface area contributed by atoms with E-state index in [1.54, 1.807) is 34.1 Å². The Labute approximate surface area is 156 Å². The molecule has 0 aliphatic carbocycles. The summed E-state index contributed by atoms with van der Waals surface area (Å²) in [5.74, 6) is -1.42. The van der Waals surface area contributed by atoms with Crippen LogP contribution in [0.25, 0.3) is 0 Å². The Morgan fingerprint density at radius 1 is 1.15 bits per heavy atom. The second-order valence-corrected chi connectivity index (χ2v) is 7.18. The standard InChI is InChI=1S/C19H24F3N3O2/c20-19(21,22)14-3-1-10-24(13-14)12-9-17(26)23-15-5-7-16(8-6-15)25-11-2-4-18(25)27/h5-8,14H,1-4,9-13H2,(H,23,26)/t14-/m0/s1. The highest BCUT2D eigenvalue weighted by molar-refractivity contribution is 5.96. The van der Waals surface area contributed by atoms with Gasteiger partial charge >= 0.3 is 6.18 Å². The van der Waals surface area contributed by atoms with Crippen LogP contribution in [0.2, 0.25) is 0 Å². The number of likely N-dealkylation sites (tertiary alicyclic amines) is 1. The van der Waals surface area contributed by atoms with Crippen molar-refractivity contribution in [3.63, 3.8) is 0 Å². The molecule has 3 rings (SSSR count). The smallest absolute Gasteiger partial charge is 0.326 e. The maximum atomic E-state index is 12.8. The van der Waals surface area contributed by atoms with Crippen molar-refractivity contribution in [1.82, 2.24) is 4.90 Å². The van der Waals surface area contributed by atoms with Crippen molar-refractivity contribution in [2.75, 3.05) is 36.4 Å². The molecule has 0 unspecified atom stereocenters. The number of hydrogen-bond acceptors (Lipinski definition) is 3. The molecule has 2 aliphatic heterocycles. The third-order valence-corrected chi connectivity index (χ3v) is 5.16. The molecule has 1 aromatic rings. The topological polar surface area (TPSA) is 52.7 Å². The van der Waals surface area contributed by atoms with Gasteiger partial charge in [-0.1, -0.05) is 0 Å². The molecule has 27 heavy (non-hydrogen) atoms. The number of halogens is 3. The average Bonchev–Trinajstić information content (AvgIpc) is 3.06. The van der Waals surface area contributed by atoms with Crippen molar-refractivity contribution in [1.29, 1.82) is 0 Å². The lowest BCUT2D eigenvalue weighted by atomic mass is 9.97. The highest BCUT2D eigenvalue weighted by Crippen LogP contribution is 2.33. The van der Waals surface area contributed by atoms with Crippen LogP contribution in [0.5, 0.6) is 0 Å². The van der Waals surface area contributed by atoms with Crippen molar-refractivity contribution in [3.05, 3.63) is 24.3 Å². The van der Waals surface area contributed by atoms with Gasteiger partial charge in [0.1, 0.15) is 0 Å². The number of carbonyl (C=O) groups excluding carboxylic acids is 2. The number of benzene rings is 1. The highest BCUT2D eigenvalue weighted by atomic mass is 19.4. The highest BCUT2D eigenvalue weighted by Gasteiger charge is 2.41. The molecule has 2 heterocycles. The summed E-state index contributed by atoms with van der Waals surface area (Å²) in [7, 11) is 0. The molecular weight excluding hydrogens is 359 g/mol. The van der Waals surface area contributed by atoms with Crippen LogP contribution in [0.4, 0.5) is 24.5 Å². The molecule has 0 saturated carbocycles. The fraction of sp³-hybridized carbons (Fsp3) is 0.579. The molecule has 2 saturated heterocycles. The van der Waals surface area contributed by atoms with Gasteiger partial charge < -0.3 is 15.1 Å². The van der Waals surface area contributed by atoms with Gasteiger partial charge in [-0.05, 0) is 50.1 Å². The van der Waals surface area contributed by atoms with E-state index in [4.69, 9.17) is 0 Å². The van der Waals surface area contributed by atoms with Gasteiger partial charge in [-0.3, -0.25) is 9.59 Å². The summed E-state index contributed by atoms with van der Waals surface area (Å²) in [6, 6.07) is 7.05. The van der Waals surface area contributed by atoms with Crippen LogP contribution >= 0.6 is 0 Å². The molecule has 0 radical (unpaired) electrons. The first-order valence-electron chi connectivity index (χ1n) is 9.32. The Bertz CT molecular complexity index is 676. The van der Waals surface area contributed by atoms with Crippen molar-refractivity contribution in [3.8, 4) is 0 Å². The van der Waals surface area contributed by atoms with Crippen molar-refractivity contribution in [2.24, 2.45) is 5.92 Å². The molecule has 8 heteroatoms. The van der Waals surface area contributed by atoms with Crippen LogP contribution < -0.4 is 10.2 Å². The molecule has 5 nitrogen and oxygen atoms in total. The molecule has 2 fully saturated rings. The van der Waals surface area contributed by atoms with Crippen LogP contribution in [0.1, 0.15) is 32.1 Å². The van der Waals surface area contributed by atoms with Crippen LogP contribution in [0.3, 0.4) is 0 Å². The predicted octanol–water partition coefficient (Wildman–Crippen LogP) is 3.42. The minimum Gasteiger partial charge on any atom is -0.326 e. The number of nitrogens with zero attached hydrogens (tertiary/aromatic N) is 2. The van der Waals surface area contributed by atoms with E-state index in [1.165, 1.54) is 0 Å². The number of piperidine rings is 1. The molecule has 148 valence electrons. The zero-order chi connectivity index (χ0) is 19.4. The lowest BCUT2D eigenvalue weighted by molar-refractivity contribution is -0.186. The first-order chi connectivity index (χ1) is 12.8. The predicted molar refractivity (Wildman–Crippen MR) is 96.5 cm³/mol. The molecule has 2 amide bonds. The number of nitrogens with one attached hydrogen (secondary N) is 1. The average molecular weight is 383 g/mol. The minimum atomic E-state index is -4.17. The maximum absolute atomic E-state index is 12.8. The van der Waals surface area contributed by atoms with Gasteiger partial charge in [-0.25, -0.2) is 0 Å². The van der Waals surface area contributed by atoms with E-state index in [0.29, 0.717) is 38.2 Å². The van der Waals surface area contributed by atoms with E-state index in [-0.39, 0.29) is 31.2 Å². The Balaban J connectivity index is 1.46. The molecule has 1 atom stereocenters. The monoisotopic (exact) mass is 383 g/mol. The second-order valence-electron chi connectivity index (χ2n) is 7.18. The van der Waals surface area contributed by atoms with E-state index in [2.05, 4.69) is 5.32 Å². The Morgan fingerprint density at radius 3 is 2.52 bits per heavy atom. The van der Waals surface area contributed by atoms with E-state index in [0.717, 1.165) is 12.1 Å². The fourth-order valence-electron chi connectivity index (χ4n) is 3.65. The molecular formula is C19H24F3N3O2. The molecule has 2 aliphatic rings. The zero-order valence-corrected chi connectivity index (χ0v) is 15.1. The molecule has 0 aromatic heterocycles. The zero-order valence-electron chi connectivity index (χ0n) is 15.1. The molecule has 1 aromatic carbocycles. The van der Waals surface area contributed by atoms with Crippen LogP contribution in [-0.4, -0.2) is 49.1 Å². The van der Waals surface area contributed by atoms with Gasteiger partial charge in [-0.15, -0.1) is 0 Å². The Morgan fingerprint density at radius 2 is 1.89 bits per heavy atom. The fourth-order valence-corrected chi connectivity index (χ4v) is 3.65. The lowest BCUT2D eigenvalue weighted by Crippen LogP contribution is -2.42. The number of carbonyl (C=O) groups is 2. The lowest BCUT2D eigenvalue weighted by Gasteiger charge is -2.33. The largest absolute Gasteiger partial charge is 0.393 e. The molecule has 0 bridgehead atoms. The number of anilines is 2. The number of amides is 2. The second kappa shape index (κ2) is 8.29. The normalized spacial score (nSPS) is 21.5. The van der Waals surface area contributed by atoms with E-state index >= 15 is 0 Å².